The average Bonchev–Trinajstić information content (AvgIpc) is 3.04. The summed E-state index contributed by atoms with van der Waals surface area (Å²) in [6, 6.07) is 17.6. The molecule has 3 aromatic rings. The number of carboxylic acids is 1. The van der Waals surface area contributed by atoms with E-state index in [4.69, 9.17) is 0 Å². The number of carbonyl (C=O) groups is 2. The molecule has 1 heterocycles. The first-order chi connectivity index (χ1) is 12.6. The molecule has 0 radical (unpaired) electrons. The SMILES string of the molecule is Cc1c(C(=O)NC(Cc2ccccc2)C(=O)O)cnn1-c1ccccc1. The molecule has 0 fully saturated rings. The number of carbonyl (C=O) groups excluding carboxylic acids is 1. The van der Waals surface area contributed by atoms with Gasteiger partial charge in [-0.2, -0.15) is 5.10 Å². The number of para-hydroxylation sites is 1. The molecule has 26 heavy (non-hydrogen) atoms. The molecule has 0 aliphatic heterocycles. The molecular formula is C20H19N3O3. The molecule has 1 atom stereocenters. The maximum atomic E-state index is 12.6. The zero-order chi connectivity index (χ0) is 18.5. The summed E-state index contributed by atoms with van der Waals surface area (Å²) in [4.78, 5) is 24.1. The summed E-state index contributed by atoms with van der Waals surface area (Å²) >= 11 is 0. The number of hydrogen-bond acceptors (Lipinski definition) is 3. The van der Waals surface area contributed by atoms with E-state index in [2.05, 4.69) is 10.4 Å². The van der Waals surface area contributed by atoms with Gasteiger partial charge in [0.25, 0.3) is 5.91 Å². The molecule has 0 saturated heterocycles. The van der Waals surface area contributed by atoms with Crippen LogP contribution in [0.4, 0.5) is 0 Å². The second-order valence-electron chi connectivity index (χ2n) is 5.95. The summed E-state index contributed by atoms with van der Waals surface area (Å²) in [6.07, 6.45) is 1.67. The number of hydrogen-bond donors (Lipinski definition) is 2. The van der Waals surface area contributed by atoms with Crippen LogP contribution in [0.1, 0.15) is 21.6 Å². The fraction of sp³-hybridized carbons (Fsp3) is 0.150. The highest BCUT2D eigenvalue weighted by atomic mass is 16.4. The van der Waals surface area contributed by atoms with E-state index in [0.29, 0.717) is 11.3 Å². The summed E-state index contributed by atoms with van der Waals surface area (Å²) in [7, 11) is 0. The standard InChI is InChI=1S/C20H19N3O3/c1-14-17(13-21-23(14)16-10-6-3-7-11-16)19(24)22-18(20(25)26)12-15-8-4-2-5-9-15/h2-11,13,18H,12H2,1H3,(H,22,24)(H,25,26). The van der Waals surface area contributed by atoms with Gasteiger partial charge < -0.3 is 10.4 Å². The first-order valence-corrected chi connectivity index (χ1v) is 8.24. The van der Waals surface area contributed by atoms with Crippen molar-refractivity contribution in [2.24, 2.45) is 0 Å². The molecule has 0 spiro atoms. The van der Waals surface area contributed by atoms with E-state index < -0.39 is 17.9 Å². The molecule has 1 amide bonds. The Hall–Kier alpha value is -3.41. The summed E-state index contributed by atoms with van der Waals surface area (Å²) in [6.45, 7) is 1.78. The van der Waals surface area contributed by atoms with Crippen LogP contribution in [-0.2, 0) is 11.2 Å². The smallest absolute Gasteiger partial charge is 0.326 e. The quantitative estimate of drug-likeness (QED) is 0.716. The second kappa shape index (κ2) is 7.65. The lowest BCUT2D eigenvalue weighted by Crippen LogP contribution is -2.42. The van der Waals surface area contributed by atoms with Crippen LogP contribution in [0.2, 0.25) is 0 Å². The van der Waals surface area contributed by atoms with Gasteiger partial charge >= 0.3 is 5.97 Å². The van der Waals surface area contributed by atoms with Crippen LogP contribution in [0.5, 0.6) is 0 Å². The molecule has 6 heteroatoms. The third-order valence-corrected chi connectivity index (χ3v) is 4.14. The van der Waals surface area contributed by atoms with Gasteiger partial charge in [-0.25, -0.2) is 9.48 Å². The number of aromatic nitrogens is 2. The Kier molecular flexibility index (Phi) is 5.12. The van der Waals surface area contributed by atoms with E-state index in [1.54, 1.807) is 11.6 Å². The third kappa shape index (κ3) is 3.80. The van der Waals surface area contributed by atoms with Crippen molar-refractivity contribution in [1.82, 2.24) is 15.1 Å². The predicted molar refractivity (Wildman–Crippen MR) is 97.3 cm³/mol. The van der Waals surface area contributed by atoms with E-state index in [-0.39, 0.29) is 6.42 Å². The molecule has 1 aromatic heterocycles. The van der Waals surface area contributed by atoms with Crippen LogP contribution in [0.15, 0.2) is 66.9 Å². The molecule has 0 bridgehead atoms. The fourth-order valence-corrected chi connectivity index (χ4v) is 2.75. The fourth-order valence-electron chi connectivity index (χ4n) is 2.75. The van der Waals surface area contributed by atoms with E-state index >= 15 is 0 Å². The highest BCUT2D eigenvalue weighted by molar-refractivity contribution is 5.97. The zero-order valence-corrected chi connectivity index (χ0v) is 14.3. The topological polar surface area (TPSA) is 84.2 Å². The average molecular weight is 349 g/mol. The van der Waals surface area contributed by atoms with Gasteiger partial charge in [0.15, 0.2) is 0 Å². The molecule has 132 valence electrons. The predicted octanol–water partition coefficient (Wildman–Crippen LogP) is 2.61. The maximum Gasteiger partial charge on any atom is 0.326 e. The number of aliphatic carboxylic acids is 1. The third-order valence-electron chi connectivity index (χ3n) is 4.14. The van der Waals surface area contributed by atoms with Crippen LogP contribution < -0.4 is 5.32 Å². The van der Waals surface area contributed by atoms with Crippen molar-refractivity contribution in [3.05, 3.63) is 83.7 Å². The lowest BCUT2D eigenvalue weighted by atomic mass is 10.1. The highest BCUT2D eigenvalue weighted by Gasteiger charge is 2.23. The van der Waals surface area contributed by atoms with Crippen molar-refractivity contribution >= 4 is 11.9 Å². The minimum Gasteiger partial charge on any atom is -0.480 e. The van der Waals surface area contributed by atoms with Crippen molar-refractivity contribution in [1.29, 1.82) is 0 Å². The van der Waals surface area contributed by atoms with Crippen LogP contribution in [0.25, 0.3) is 5.69 Å². The lowest BCUT2D eigenvalue weighted by molar-refractivity contribution is -0.139. The number of rotatable bonds is 6. The monoisotopic (exact) mass is 349 g/mol. The van der Waals surface area contributed by atoms with Crippen molar-refractivity contribution in [3.8, 4) is 5.69 Å². The Balaban J connectivity index is 1.78. The van der Waals surface area contributed by atoms with E-state index in [0.717, 1.165) is 11.3 Å². The normalized spacial score (nSPS) is 11.7. The zero-order valence-electron chi connectivity index (χ0n) is 14.3. The first-order valence-electron chi connectivity index (χ1n) is 8.24. The van der Waals surface area contributed by atoms with Crippen molar-refractivity contribution < 1.29 is 14.7 Å². The summed E-state index contributed by atoms with van der Waals surface area (Å²) < 4.78 is 1.65. The Morgan fingerprint density at radius 1 is 1.08 bits per heavy atom. The van der Waals surface area contributed by atoms with E-state index in [1.165, 1.54) is 6.20 Å². The van der Waals surface area contributed by atoms with Gasteiger partial charge in [0.1, 0.15) is 6.04 Å². The molecule has 3 rings (SSSR count). The Bertz CT molecular complexity index is 905. The van der Waals surface area contributed by atoms with Crippen LogP contribution in [0.3, 0.4) is 0 Å². The van der Waals surface area contributed by atoms with Crippen LogP contribution in [-0.4, -0.2) is 32.8 Å². The summed E-state index contributed by atoms with van der Waals surface area (Å²) in [5.41, 5.74) is 2.69. The van der Waals surface area contributed by atoms with Crippen molar-refractivity contribution in [3.63, 3.8) is 0 Å². The lowest BCUT2D eigenvalue weighted by Gasteiger charge is -2.14. The maximum absolute atomic E-state index is 12.6. The molecule has 0 saturated carbocycles. The summed E-state index contributed by atoms with van der Waals surface area (Å²) in [5, 5.41) is 16.3. The Morgan fingerprint density at radius 2 is 1.69 bits per heavy atom. The molecule has 2 aromatic carbocycles. The van der Waals surface area contributed by atoms with Crippen molar-refractivity contribution in [2.45, 2.75) is 19.4 Å². The van der Waals surface area contributed by atoms with Gasteiger partial charge in [0.05, 0.1) is 23.1 Å². The molecular weight excluding hydrogens is 330 g/mol. The first kappa shape index (κ1) is 17.4. The second-order valence-corrected chi connectivity index (χ2v) is 5.95. The van der Waals surface area contributed by atoms with E-state index in [9.17, 15) is 14.7 Å². The van der Waals surface area contributed by atoms with Gasteiger partial charge in [0.2, 0.25) is 0 Å². The van der Waals surface area contributed by atoms with Gasteiger partial charge in [-0.1, -0.05) is 48.5 Å². The molecule has 6 nitrogen and oxygen atoms in total. The number of nitrogens with one attached hydrogen (secondary N) is 1. The molecule has 1 unspecified atom stereocenters. The van der Waals surface area contributed by atoms with E-state index in [1.807, 2.05) is 60.7 Å². The van der Waals surface area contributed by atoms with Crippen LogP contribution >= 0.6 is 0 Å². The van der Waals surface area contributed by atoms with Gasteiger partial charge in [-0.05, 0) is 24.6 Å². The van der Waals surface area contributed by atoms with Gasteiger partial charge in [-0.15, -0.1) is 0 Å². The van der Waals surface area contributed by atoms with Crippen molar-refractivity contribution in [2.75, 3.05) is 0 Å². The highest BCUT2D eigenvalue weighted by Crippen LogP contribution is 2.14. The minimum absolute atomic E-state index is 0.216. The molecule has 2 N–H and O–H groups in total. The van der Waals surface area contributed by atoms with Gasteiger partial charge in [0, 0.05) is 6.42 Å². The number of carboxylic acid groups (broad SMARTS) is 1. The molecule has 0 aliphatic carbocycles. The number of amides is 1. The largest absolute Gasteiger partial charge is 0.480 e. The Morgan fingerprint density at radius 3 is 2.31 bits per heavy atom. The number of benzene rings is 2. The number of nitrogens with zero attached hydrogens (tertiary/aromatic N) is 2. The Labute approximate surface area is 151 Å². The van der Waals surface area contributed by atoms with Crippen LogP contribution in [0, 0.1) is 6.92 Å². The molecule has 0 aliphatic rings. The minimum atomic E-state index is -1.07. The summed E-state index contributed by atoms with van der Waals surface area (Å²) in [5.74, 6) is -1.52. The van der Waals surface area contributed by atoms with Gasteiger partial charge in [-0.3, -0.25) is 4.79 Å².